The molecule has 8 nitrogen and oxygen atoms in total. The summed E-state index contributed by atoms with van der Waals surface area (Å²) < 4.78 is 0.911. The van der Waals surface area contributed by atoms with Crippen molar-refractivity contribution in [3.63, 3.8) is 0 Å². The van der Waals surface area contributed by atoms with E-state index in [4.69, 9.17) is 16.9 Å². The van der Waals surface area contributed by atoms with Crippen LogP contribution in [-0.2, 0) is 20.8 Å². The average molecular weight is 530 g/mol. The van der Waals surface area contributed by atoms with Crippen molar-refractivity contribution in [3.05, 3.63) is 40.4 Å². The second-order valence-electron chi connectivity index (χ2n) is 9.14. The number of nitriles is 1. The minimum absolute atomic E-state index is 0.176. The Hall–Kier alpha value is -2.96. The molecule has 3 rings (SSSR count). The van der Waals surface area contributed by atoms with Crippen molar-refractivity contribution < 1.29 is 14.4 Å². The number of thiazole rings is 1. The summed E-state index contributed by atoms with van der Waals surface area (Å²) in [5, 5.41) is 18.8. The molecule has 10 heteroatoms. The normalized spacial score (nSPS) is 15.5. The lowest BCUT2D eigenvalue weighted by molar-refractivity contribution is -0.129. The van der Waals surface area contributed by atoms with Gasteiger partial charge in [-0.15, -0.1) is 11.3 Å². The third-order valence-corrected chi connectivity index (χ3v) is 7.63. The lowest BCUT2D eigenvalue weighted by Gasteiger charge is -2.29. The number of rotatable bonds is 11. The van der Waals surface area contributed by atoms with Gasteiger partial charge in [0, 0.05) is 30.5 Å². The van der Waals surface area contributed by atoms with Crippen LogP contribution in [-0.4, -0.2) is 41.3 Å². The number of aromatic nitrogens is 1. The molecule has 36 heavy (non-hydrogen) atoms. The molecule has 3 N–H and O–H groups in total. The maximum absolute atomic E-state index is 13.4. The highest BCUT2D eigenvalue weighted by Crippen LogP contribution is 2.28. The van der Waals surface area contributed by atoms with E-state index in [2.05, 4.69) is 27.5 Å². The second-order valence-corrected chi connectivity index (χ2v) is 10.7. The Bertz CT molecular complexity index is 1150. The van der Waals surface area contributed by atoms with Gasteiger partial charge in [0.1, 0.15) is 17.7 Å². The molecule has 0 saturated heterocycles. The van der Waals surface area contributed by atoms with Crippen LogP contribution in [0.1, 0.15) is 56.9 Å². The van der Waals surface area contributed by atoms with Crippen molar-refractivity contribution in [3.8, 4) is 6.07 Å². The summed E-state index contributed by atoms with van der Waals surface area (Å²) in [6, 6.07) is 6.01. The molecule has 1 heterocycles. The van der Waals surface area contributed by atoms with Crippen LogP contribution < -0.4 is 16.0 Å². The first-order valence-corrected chi connectivity index (χ1v) is 13.5. The maximum atomic E-state index is 13.4. The van der Waals surface area contributed by atoms with Crippen LogP contribution in [0.15, 0.2) is 30.4 Å². The number of hydrogen-bond acceptors (Lipinski definition) is 6. The summed E-state index contributed by atoms with van der Waals surface area (Å²) in [5.74, 6) is -0.674. The number of fused-ring (bicyclic) bond motifs is 1. The van der Waals surface area contributed by atoms with Crippen molar-refractivity contribution in [1.29, 1.82) is 5.26 Å². The molecular weight excluding hydrogens is 498 g/mol. The van der Waals surface area contributed by atoms with Gasteiger partial charge in [-0.3, -0.25) is 14.4 Å². The fourth-order valence-corrected chi connectivity index (χ4v) is 5.70. The topological polar surface area (TPSA) is 124 Å². The molecular formula is C26H32ClN5O3S. The van der Waals surface area contributed by atoms with Crippen LogP contribution >= 0.6 is 22.9 Å². The predicted octanol–water partition coefficient (Wildman–Crippen LogP) is 4.04. The number of benzene rings is 1. The molecule has 3 amide bonds. The van der Waals surface area contributed by atoms with Crippen LogP contribution in [0.25, 0.3) is 10.2 Å². The third-order valence-electron chi connectivity index (χ3n) is 6.35. The van der Waals surface area contributed by atoms with E-state index in [0.717, 1.165) is 35.9 Å². The molecule has 0 bridgehead atoms. The standard InChI is InChI=1S/C26H32ClN5O3S/c1-3-23(33)31-21(13-24-32-20-10-9-18(27)12-22(20)36-24)26(35)30-19(11-17-7-5-4-6-8-17)15-29-25(34)16(2)14-28/h9-10,12,17,19,21H,2-8,11,13,15H2,1H3,(H,29,34)(H,30,35)(H,31,33)/t19?,21-/m0/s1. The third kappa shape index (κ3) is 8.04. The number of amides is 3. The summed E-state index contributed by atoms with van der Waals surface area (Å²) in [5.41, 5.74) is 0.609. The molecule has 1 aromatic heterocycles. The molecule has 192 valence electrons. The van der Waals surface area contributed by atoms with Crippen LogP contribution in [0, 0.1) is 17.2 Å². The minimum Gasteiger partial charge on any atom is -0.350 e. The van der Waals surface area contributed by atoms with Crippen LogP contribution in [0.2, 0.25) is 5.02 Å². The molecule has 1 aliphatic carbocycles. The number of nitrogens with one attached hydrogen (secondary N) is 3. The Labute approximate surface area is 220 Å². The van der Waals surface area contributed by atoms with Crippen LogP contribution in [0.3, 0.4) is 0 Å². The fourth-order valence-electron chi connectivity index (χ4n) is 4.41. The molecule has 1 unspecified atom stereocenters. The smallest absolute Gasteiger partial charge is 0.261 e. The van der Waals surface area contributed by atoms with E-state index < -0.39 is 11.9 Å². The van der Waals surface area contributed by atoms with E-state index in [0.29, 0.717) is 22.4 Å². The number of nitrogens with zero attached hydrogens (tertiary/aromatic N) is 2. The first-order chi connectivity index (χ1) is 17.3. The van der Waals surface area contributed by atoms with Gasteiger partial charge in [0.2, 0.25) is 11.8 Å². The molecule has 1 fully saturated rings. The maximum Gasteiger partial charge on any atom is 0.261 e. The molecule has 0 spiro atoms. The first kappa shape index (κ1) is 27.6. The van der Waals surface area contributed by atoms with Gasteiger partial charge in [-0.2, -0.15) is 5.26 Å². The van der Waals surface area contributed by atoms with Crippen molar-refractivity contribution >= 4 is 50.9 Å². The van der Waals surface area contributed by atoms with Crippen molar-refractivity contribution in [2.75, 3.05) is 6.54 Å². The van der Waals surface area contributed by atoms with Gasteiger partial charge in [0.25, 0.3) is 5.91 Å². The van der Waals surface area contributed by atoms with E-state index in [1.165, 1.54) is 17.8 Å². The molecule has 0 radical (unpaired) electrons. The summed E-state index contributed by atoms with van der Waals surface area (Å²) in [6.07, 6.45) is 6.87. The van der Waals surface area contributed by atoms with E-state index in [1.54, 1.807) is 19.1 Å². The highest BCUT2D eigenvalue weighted by atomic mass is 35.5. The second kappa shape index (κ2) is 13.4. The molecule has 1 aromatic carbocycles. The molecule has 0 aliphatic heterocycles. The van der Waals surface area contributed by atoms with Gasteiger partial charge in [0.05, 0.1) is 15.2 Å². The number of carbonyl (C=O) groups is 3. The highest BCUT2D eigenvalue weighted by Gasteiger charge is 2.27. The first-order valence-electron chi connectivity index (χ1n) is 12.3. The van der Waals surface area contributed by atoms with E-state index in [-0.39, 0.29) is 42.8 Å². The Morgan fingerprint density at radius 3 is 2.69 bits per heavy atom. The number of hydrogen-bond donors (Lipinski definition) is 3. The monoisotopic (exact) mass is 529 g/mol. The molecule has 2 atom stereocenters. The Balaban J connectivity index is 1.74. The van der Waals surface area contributed by atoms with E-state index in [9.17, 15) is 14.4 Å². The highest BCUT2D eigenvalue weighted by molar-refractivity contribution is 7.18. The van der Waals surface area contributed by atoms with Crippen molar-refractivity contribution in [1.82, 2.24) is 20.9 Å². The molecule has 1 saturated carbocycles. The summed E-state index contributed by atoms with van der Waals surface area (Å²) >= 11 is 7.53. The average Bonchev–Trinajstić information content (AvgIpc) is 3.27. The van der Waals surface area contributed by atoms with E-state index >= 15 is 0 Å². The predicted molar refractivity (Wildman–Crippen MR) is 141 cm³/mol. The fraction of sp³-hybridized carbons (Fsp3) is 0.500. The Kier molecular flexibility index (Phi) is 10.3. The lowest BCUT2D eigenvalue weighted by atomic mass is 9.84. The zero-order valence-electron chi connectivity index (χ0n) is 20.4. The summed E-state index contributed by atoms with van der Waals surface area (Å²) in [4.78, 5) is 42.3. The Morgan fingerprint density at radius 1 is 1.25 bits per heavy atom. The minimum atomic E-state index is -0.813. The van der Waals surface area contributed by atoms with Crippen molar-refractivity contribution in [2.45, 2.75) is 70.4 Å². The summed E-state index contributed by atoms with van der Waals surface area (Å²) in [6.45, 7) is 5.35. The largest absolute Gasteiger partial charge is 0.350 e. The van der Waals surface area contributed by atoms with Gasteiger partial charge >= 0.3 is 0 Å². The SMILES string of the molecule is C=C(C#N)C(=O)NCC(CC1CCCCC1)NC(=O)[C@H](Cc1nc2ccc(Cl)cc2s1)NC(=O)CC. The van der Waals surface area contributed by atoms with Gasteiger partial charge in [-0.25, -0.2) is 4.98 Å². The van der Waals surface area contributed by atoms with Gasteiger partial charge in [-0.05, 0) is 30.5 Å². The van der Waals surface area contributed by atoms with Gasteiger partial charge in [-0.1, -0.05) is 57.2 Å². The quantitative estimate of drug-likeness (QED) is 0.299. The van der Waals surface area contributed by atoms with Gasteiger partial charge < -0.3 is 16.0 Å². The van der Waals surface area contributed by atoms with Gasteiger partial charge in [0.15, 0.2) is 0 Å². The zero-order valence-corrected chi connectivity index (χ0v) is 22.0. The van der Waals surface area contributed by atoms with Crippen LogP contribution in [0.5, 0.6) is 0 Å². The number of halogens is 1. The lowest BCUT2D eigenvalue weighted by Crippen LogP contribution is -2.53. The number of carbonyl (C=O) groups excluding carboxylic acids is 3. The van der Waals surface area contributed by atoms with Crippen molar-refractivity contribution in [2.24, 2.45) is 5.92 Å². The summed E-state index contributed by atoms with van der Waals surface area (Å²) in [7, 11) is 0. The zero-order chi connectivity index (χ0) is 26.1. The van der Waals surface area contributed by atoms with E-state index in [1.807, 2.05) is 12.1 Å². The Morgan fingerprint density at radius 2 is 2.00 bits per heavy atom. The molecule has 1 aliphatic rings. The molecule has 2 aromatic rings. The van der Waals surface area contributed by atoms with Crippen LogP contribution in [0.4, 0.5) is 0 Å².